The van der Waals surface area contributed by atoms with E-state index in [9.17, 15) is 0 Å². The van der Waals surface area contributed by atoms with Crippen LogP contribution in [0.2, 0.25) is 0 Å². The highest BCUT2D eigenvalue weighted by Crippen LogP contribution is 2.15. The molecule has 0 amide bonds. The van der Waals surface area contributed by atoms with Crippen LogP contribution in [-0.4, -0.2) is 14.6 Å². The first-order valence-corrected chi connectivity index (χ1v) is 6.02. The van der Waals surface area contributed by atoms with Crippen molar-refractivity contribution in [3.05, 3.63) is 53.9 Å². The van der Waals surface area contributed by atoms with Crippen LogP contribution in [0.5, 0.6) is 5.75 Å². The number of ether oxygens (including phenoxy) is 1. The molecule has 5 nitrogen and oxygen atoms in total. The van der Waals surface area contributed by atoms with Gasteiger partial charge in [0, 0.05) is 0 Å². The van der Waals surface area contributed by atoms with Gasteiger partial charge in [-0.15, -0.1) is 10.2 Å². The van der Waals surface area contributed by atoms with Crippen LogP contribution in [0.1, 0.15) is 11.4 Å². The SMILES string of the molecule is Cc1ccc(OCc2nnc3cccc(N)n23)cc1. The molecule has 0 atom stereocenters. The van der Waals surface area contributed by atoms with Crippen LogP contribution in [0.15, 0.2) is 42.5 Å². The number of hydrogen-bond donors (Lipinski definition) is 1. The Kier molecular flexibility index (Phi) is 2.79. The number of nitrogen functional groups attached to an aromatic ring is 1. The molecule has 3 aromatic rings. The Bertz CT molecular complexity index is 703. The number of nitrogens with zero attached hydrogens (tertiary/aromatic N) is 3. The van der Waals surface area contributed by atoms with Crippen LogP contribution in [0.4, 0.5) is 5.82 Å². The van der Waals surface area contributed by atoms with Crippen molar-refractivity contribution < 1.29 is 4.74 Å². The average molecular weight is 254 g/mol. The molecule has 19 heavy (non-hydrogen) atoms. The lowest BCUT2D eigenvalue weighted by Crippen LogP contribution is -2.04. The third-order valence-electron chi connectivity index (χ3n) is 2.91. The Morgan fingerprint density at radius 1 is 1.11 bits per heavy atom. The molecule has 3 rings (SSSR count). The summed E-state index contributed by atoms with van der Waals surface area (Å²) < 4.78 is 7.48. The second-order valence-corrected chi connectivity index (χ2v) is 4.36. The number of aromatic nitrogens is 3. The first-order valence-electron chi connectivity index (χ1n) is 6.02. The molecule has 0 aliphatic carbocycles. The molecule has 0 fully saturated rings. The first kappa shape index (κ1) is 11.5. The Balaban J connectivity index is 1.84. The van der Waals surface area contributed by atoms with Crippen molar-refractivity contribution in [3.8, 4) is 5.75 Å². The molecule has 0 bridgehead atoms. The highest BCUT2D eigenvalue weighted by molar-refractivity contribution is 5.47. The summed E-state index contributed by atoms with van der Waals surface area (Å²) in [5, 5.41) is 8.16. The Hall–Kier alpha value is -2.56. The molecule has 0 unspecified atom stereocenters. The zero-order valence-corrected chi connectivity index (χ0v) is 10.6. The molecule has 0 radical (unpaired) electrons. The van der Waals surface area contributed by atoms with Gasteiger partial charge in [0.1, 0.15) is 18.2 Å². The summed E-state index contributed by atoms with van der Waals surface area (Å²) in [6, 6.07) is 13.4. The van der Waals surface area contributed by atoms with Crippen LogP contribution in [0.25, 0.3) is 5.65 Å². The van der Waals surface area contributed by atoms with E-state index < -0.39 is 0 Å². The van der Waals surface area contributed by atoms with Crippen molar-refractivity contribution in [1.82, 2.24) is 14.6 Å². The van der Waals surface area contributed by atoms with Crippen molar-refractivity contribution in [2.75, 3.05) is 5.73 Å². The van der Waals surface area contributed by atoms with E-state index in [2.05, 4.69) is 10.2 Å². The van der Waals surface area contributed by atoms with Crippen LogP contribution in [-0.2, 0) is 6.61 Å². The van der Waals surface area contributed by atoms with Crippen LogP contribution < -0.4 is 10.5 Å². The molecule has 1 aromatic carbocycles. The molecule has 0 aliphatic rings. The molecule has 2 N–H and O–H groups in total. The second kappa shape index (κ2) is 4.61. The van der Waals surface area contributed by atoms with E-state index in [0.717, 1.165) is 11.4 Å². The van der Waals surface area contributed by atoms with E-state index in [4.69, 9.17) is 10.5 Å². The Morgan fingerprint density at radius 2 is 1.89 bits per heavy atom. The fourth-order valence-electron chi connectivity index (χ4n) is 1.90. The zero-order chi connectivity index (χ0) is 13.2. The second-order valence-electron chi connectivity index (χ2n) is 4.36. The van der Waals surface area contributed by atoms with Crippen molar-refractivity contribution in [2.45, 2.75) is 13.5 Å². The molecule has 96 valence electrons. The smallest absolute Gasteiger partial charge is 0.177 e. The Morgan fingerprint density at radius 3 is 2.68 bits per heavy atom. The highest BCUT2D eigenvalue weighted by atomic mass is 16.5. The number of anilines is 1. The summed E-state index contributed by atoms with van der Waals surface area (Å²) in [7, 11) is 0. The fraction of sp³-hybridized carbons (Fsp3) is 0.143. The standard InChI is InChI=1S/C14H14N4O/c1-10-5-7-11(8-6-10)19-9-14-17-16-13-4-2-3-12(15)18(13)14/h2-8H,9,15H2,1H3. The van der Waals surface area contributed by atoms with Crippen molar-refractivity contribution in [2.24, 2.45) is 0 Å². The van der Waals surface area contributed by atoms with E-state index in [1.165, 1.54) is 5.56 Å². The minimum absolute atomic E-state index is 0.332. The largest absolute Gasteiger partial charge is 0.486 e. The van der Waals surface area contributed by atoms with Gasteiger partial charge in [-0.1, -0.05) is 23.8 Å². The summed E-state index contributed by atoms with van der Waals surface area (Å²) >= 11 is 0. The zero-order valence-electron chi connectivity index (χ0n) is 10.6. The lowest BCUT2D eigenvalue weighted by molar-refractivity contribution is 0.294. The third kappa shape index (κ3) is 2.22. The van der Waals surface area contributed by atoms with Gasteiger partial charge in [0.25, 0.3) is 0 Å². The van der Waals surface area contributed by atoms with Crippen LogP contribution >= 0.6 is 0 Å². The normalized spacial score (nSPS) is 10.8. The van der Waals surface area contributed by atoms with Crippen LogP contribution in [0.3, 0.4) is 0 Å². The van der Waals surface area contributed by atoms with Crippen LogP contribution in [0, 0.1) is 6.92 Å². The molecule has 2 heterocycles. The first-order chi connectivity index (χ1) is 9.24. The van der Waals surface area contributed by atoms with E-state index in [-0.39, 0.29) is 0 Å². The lowest BCUT2D eigenvalue weighted by atomic mass is 10.2. The number of nitrogens with two attached hydrogens (primary N) is 1. The summed E-state index contributed by atoms with van der Waals surface area (Å²) in [4.78, 5) is 0. The van der Waals surface area contributed by atoms with E-state index in [1.54, 1.807) is 4.40 Å². The topological polar surface area (TPSA) is 65.4 Å². The maximum absolute atomic E-state index is 5.92. The summed E-state index contributed by atoms with van der Waals surface area (Å²) in [6.07, 6.45) is 0. The van der Waals surface area contributed by atoms with Gasteiger partial charge >= 0.3 is 0 Å². The fourth-order valence-corrected chi connectivity index (χ4v) is 1.90. The van der Waals surface area contributed by atoms with Crippen molar-refractivity contribution >= 4 is 11.5 Å². The quantitative estimate of drug-likeness (QED) is 0.778. The molecular formula is C14H14N4O. The monoisotopic (exact) mass is 254 g/mol. The number of aryl methyl sites for hydroxylation is 1. The number of benzene rings is 1. The lowest BCUT2D eigenvalue weighted by Gasteiger charge is -2.06. The molecule has 2 aromatic heterocycles. The predicted molar refractivity (Wildman–Crippen MR) is 72.9 cm³/mol. The van der Waals surface area contributed by atoms with E-state index >= 15 is 0 Å². The highest BCUT2D eigenvalue weighted by Gasteiger charge is 2.08. The molecule has 0 saturated carbocycles. The van der Waals surface area contributed by atoms with Gasteiger partial charge in [0.15, 0.2) is 11.5 Å². The van der Waals surface area contributed by atoms with Gasteiger partial charge in [-0.05, 0) is 31.2 Å². The molecule has 0 saturated heterocycles. The summed E-state index contributed by atoms with van der Waals surface area (Å²) in [6.45, 7) is 2.37. The van der Waals surface area contributed by atoms with Crippen molar-refractivity contribution in [1.29, 1.82) is 0 Å². The maximum Gasteiger partial charge on any atom is 0.177 e. The van der Waals surface area contributed by atoms with Gasteiger partial charge in [-0.25, -0.2) is 0 Å². The number of fused-ring (bicyclic) bond motifs is 1. The van der Waals surface area contributed by atoms with Crippen molar-refractivity contribution in [3.63, 3.8) is 0 Å². The predicted octanol–water partition coefficient (Wildman–Crippen LogP) is 2.20. The number of hydrogen-bond acceptors (Lipinski definition) is 4. The van der Waals surface area contributed by atoms with Gasteiger partial charge in [-0.3, -0.25) is 4.40 Å². The maximum atomic E-state index is 5.92. The molecule has 5 heteroatoms. The summed E-state index contributed by atoms with van der Waals surface area (Å²) in [5.74, 6) is 2.09. The van der Waals surface area contributed by atoms with Gasteiger partial charge in [-0.2, -0.15) is 0 Å². The van der Waals surface area contributed by atoms with Gasteiger partial charge < -0.3 is 10.5 Å². The minimum Gasteiger partial charge on any atom is -0.486 e. The minimum atomic E-state index is 0.332. The molecular weight excluding hydrogens is 240 g/mol. The third-order valence-corrected chi connectivity index (χ3v) is 2.91. The van der Waals surface area contributed by atoms with Gasteiger partial charge in [0.2, 0.25) is 0 Å². The van der Waals surface area contributed by atoms with E-state index in [0.29, 0.717) is 18.2 Å². The Labute approximate surface area is 110 Å². The summed E-state index contributed by atoms with van der Waals surface area (Å²) in [5.41, 5.74) is 7.84. The molecule has 0 spiro atoms. The average Bonchev–Trinajstić information content (AvgIpc) is 2.83. The van der Waals surface area contributed by atoms with E-state index in [1.807, 2.05) is 49.4 Å². The van der Waals surface area contributed by atoms with Gasteiger partial charge in [0.05, 0.1) is 0 Å². The molecule has 0 aliphatic heterocycles. The number of pyridine rings is 1. The number of rotatable bonds is 3.